The topological polar surface area (TPSA) is 20.2 Å². The van der Waals surface area contributed by atoms with Crippen molar-refractivity contribution in [1.82, 2.24) is 0 Å². The molecule has 13 heavy (non-hydrogen) atoms. The van der Waals surface area contributed by atoms with E-state index in [1.807, 2.05) is 0 Å². The highest BCUT2D eigenvalue weighted by atomic mass is 35.5. The van der Waals surface area contributed by atoms with Gasteiger partial charge in [0.1, 0.15) is 10.8 Å². The van der Waals surface area contributed by atoms with E-state index in [4.69, 9.17) is 16.7 Å². The smallest absolute Gasteiger partial charge is 0.180 e. The van der Waals surface area contributed by atoms with Crippen LogP contribution in [0.1, 0.15) is 18.6 Å². The predicted octanol–water partition coefficient (Wildman–Crippen LogP) is 2.81. The van der Waals surface area contributed by atoms with Crippen molar-refractivity contribution < 1.29 is 18.3 Å². The van der Waals surface area contributed by atoms with Gasteiger partial charge < -0.3 is 5.11 Å². The second-order valence-electron chi connectivity index (χ2n) is 2.57. The Labute approximate surface area is 77.8 Å². The predicted molar refractivity (Wildman–Crippen MR) is 42.0 cm³/mol. The third-order valence-electron chi connectivity index (χ3n) is 1.58. The number of halogens is 4. The number of rotatable bonds is 1. The van der Waals surface area contributed by atoms with Crippen LogP contribution in [0, 0.1) is 17.5 Å². The van der Waals surface area contributed by atoms with Crippen LogP contribution in [-0.2, 0) is 0 Å². The van der Waals surface area contributed by atoms with Crippen LogP contribution in [0.25, 0.3) is 0 Å². The summed E-state index contributed by atoms with van der Waals surface area (Å²) >= 11 is 5.09. The minimum Gasteiger partial charge on any atom is -0.389 e. The summed E-state index contributed by atoms with van der Waals surface area (Å²) in [6.45, 7) is 1.20. The van der Waals surface area contributed by atoms with E-state index in [0.717, 1.165) is 0 Å². The van der Waals surface area contributed by atoms with Gasteiger partial charge in [-0.3, -0.25) is 0 Å². The highest BCUT2D eigenvalue weighted by molar-refractivity contribution is 6.30. The molecule has 0 saturated heterocycles. The van der Waals surface area contributed by atoms with Crippen molar-refractivity contribution in [1.29, 1.82) is 0 Å². The summed E-state index contributed by atoms with van der Waals surface area (Å²) in [5.74, 6) is -3.88. The van der Waals surface area contributed by atoms with Gasteiger partial charge in [0.25, 0.3) is 0 Å². The van der Waals surface area contributed by atoms with E-state index in [9.17, 15) is 13.2 Å². The molecule has 0 spiro atoms. The first kappa shape index (κ1) is 10.3. The molecule has 0 aromatic heterocycles. The van der Waals surface area contributed by atoms with Gasteiger partial charge in [0.2, 0.25) is 0 Å². The summed E-state index contributed by atoms with van der Waals surface area (Å²) in [5.41, 5.74) is -0.445. The molecule has 1 nitrogen and oxygen atoms in total. The molecule has 0 radical (unpaired) electrons. The number of hydrogen-bond donors (Lipinski definition) is 1. The summed E-state index contributed by atoms with van der Waals surface area (Å²) in [6.07, 6.45) is -1.28. The summed E-state index contributed by atoms with van der Waals surface area (Å²) in [7, 11) is 0. The summed E-state index contributed by atoms with van der Waals surface area (Å²) in [5, 5.41) is 8.03. The molecule has 0 aliphatic rings. The highest BCUT2D eigenvalue weighted by Gasteiger charge is 2.19. The van der Waals surface area contributed by atoms with Crippen molar-refractivity contribution in [2.24, 2.45) is 0 Å². The Morgan fingerprint density at radius 2 is 1.85 bits per heavy atom. The number of aliphatic hydroxyl groups is 1. The monoisotopic (exact) mass is 210 g/mol. The Bertz CT molecular complexity index is 339. The molecule has 1 rings (SSSR count). The first-order chi connectivity index (χ1) is 5.95. The molecular formula is C8H6ClF3O. The second-order valence-corrected chi connectivity index (χ2v) is 2.94. The first-order valence-corrected chi connectivity index (χ1v) is 3.84. The van der Waals surface area contributed by atoms with Crippen molar-refractivity contribution in [3.63, 3.8) is 0 Å². The molecule has 0 aliphatic heterocycles. The Kier molecular flexibility index (Phi) is 2.83. The number of hydrogen-bond acceptors (Lipinski definition) is 1. The lowest BCUT2D eigenvalue weighted by molar-refractivity contribution is 0.192. The van der Waals surface area contributed by atoms with Crippen molar-refractivity contribution in [3.8, 4) is 0 Å². The summed E-state index contributed by atoms with van der Waals surface area (Å²) in [4.78, 5) is 0. The van der Waals surface area contributed by atoms with Gasteiger partial charge in [0, 0.05) is 5.56 Å². The lowest BCUT2D eigenvalue weighted by atomic mass is 10.1. The fourth-order valence-corrected chi connectivity index (χ4v) is 1.03. The molecule has 0 amide bonds. The van der Waals surface area contributed by atoms with Gasteiger partial charge in [-0.2, -0.15) is 0 Å². The minimum absolute atomic E-state index is 0.445. The zero-order valence-corrected chi connectivity index (χ0v) is 7.37. The Hall–Kier alpha value is -0.740. The van der Waals surface area contributed by atoms with E-state index in [-0.39, 0.29) is 0 Å². The van der Waals surface area contributed by atoms with Gasteiger partial charge >= 0.3 is 0 Å². The molecule has 0 heterocycles. The molecule has 0 bridgehead atoms. The van der Waals surface area contributed by atoms with E-state index in [0.29, 0.717) is 6.07 Å². The zero-order chi connectivity index (χ0) is 10.2. The van der Waals surface area contributed by atoms with Crippen molar-refractivity contribution in [2.45, 2.75) is 13.0 Å². The SMILES string of the molecule is CC(O)c1cc(F)c(Cl)c(F)c1F. The quantitative estimate of drug-likeness (QED) is 0.558. The number of benzene rings is 1. The highest BCUT2D eigenvalue weighted by Crippen LogP contribution is 2.27. The summed E-state index contributed by atoms with van der Waals surface area (Å²) in [6, 6.07) is 0.672. The van der Waals surface area contributed by atoms with Crippen molar-refractivity contribution in [2.75, 3.05) is 0 Å². The molecule has 0 saturated carbocycles. The standard InChI is InChI=1S/C8H6ClF3O/c1-3(13)4-2-5(10)6(9)8(12)7(4)11/h2-3,13H,1H3. The maximum atomic E-state index is 12.9. The van der Waals surface area contributed by atoms with Crippen LogP contribution in [-0.4, -0.2) is 5.11 Å². The van der Waals surface area contributed by atoms with Crippen LogP contribution >= 0.6 is 11.6 Å². The van der Waals surface area contributed by atoms with E-state index >= 15 is 0 Å². The lowest BCUT2D eigenvalue weighted by Gasteiger charge is -2.08. The fraction of sp³-hybridized carbons (Fsp3) is 0.250. The normalized spacial score (nSPS) is 13.1. The molecule has 0 aliphatic carbocycles. The van der Waals surface area contributed by atoms with E-state index in [2.05, 4.69) is 0 Å². The average molecular weight is 211 g/mol. The van der Waals surface area contributed by atoms with Crippen LogP contribution in [0.5, 0.6) is 0 Å². The Morgan fingerprint density at radius 1 is 1.31 bits per heavy atom. The van der Waals surface area contributed by atoms with Gasteiger partial charge in [0.05, 0.1) is 6.10 Å². The molecule has 1 atom stereocenters. The van der Waals surface area contributed by atoms with E-state index < -0.39 is 34.1 Å². The van der Waals surface area contributed by atoms with Gasteiger partial charge in [-0.25, -0.2) is 13.2 Å². The molecule has 1 aromatic rings. The van der Waals surface area contributed by atoms with Gasteiger partial charge in [0.15, 0.2) is 11.6 Å². The van der Waals surface area contributed by atoms with E-state index in [1.54, 1.807) is 0 Å². The van der Waals surface area contributed by atoms with Crippen molar-refractivity contribution >= 4 is 11.6 Å². The van der Waals surface area contributed by atoms with Crippen molar-refractivity contribution in [3.05, 3.63) is 34.1 Å². The third kappa shape index (κ3) is 1.78. The minimum atomic E-state index is -1.47. The van der Waals surface area contributed by atoms with Crippen LogP contribution < -0.4 is 0 Å². The first-order valence-electron chi connectivity index (χ1n) is 3.46. The summed E-state index contributed by atoms with van der Waals surface area (Å²) < 4.78 is 38.4. The zero-order valence-electron chi connectivity index (χ0n) is 6.61. The largest absolute Gasteiger partial charge is 0.389 e. The molecule has 1 unspecified atom stereocenters. The molecule has 1 N–H and O–H groups in total. The lowest BCUT2D eigenvalue weighted by Crippen LogP contribution is -2.01. The maximum Gasteiger partial charge on any atom is 0.180 e. The van der Waals surface area contributed by atoms with E-state index in [1.165, 1.54) is 6.92 Å². The molecular weight excluding hydrogens is 205 g/mol. The van der Waals surface area contributed by atoms with Crippen LogP contribution in [0.15, 0.2) is 6.07 Å². The third-order valence-corrected chi connectivity index (χ3v) is 1.93. The molecule has 5 heteroatoms. The van der Waals surface area contributed by atoms with Gasteiger partial charge in [-0.15, -0.1) is 0 Å². The molecule has 1 aromatic carbocycles. The fourth-order valence-electron chi connectivity index (χ4n) is 0.895. The van der Waals surface area contributed by atoms with Gasteiger partial charge in [-0.1, -0.05) is 11.6 Å². The number of aliphatic hydroxyl groups excluding tert-OH is 1. The Balaban J connectivity index is 3.41. The average Bonchev–Trinajstić information content (AvgIpc) is 2.07. The van der Waals surface area contributed by atoms with Crippen LogP contribution in [0.4, 0.5) is 13.2 Å². The van der Waals surface area contributed by atoms with Gasteiger partial charge in [-0.05, 0) is 13.0 Å². The molecule has 72 valence electrons. The maximum absolute atomic E-state index is 12.9. The van der Waals surface area contributed by atoms with Crippen LogP contribution in [0.3, 0.4) is 0 Å². The second kappa shape index (κ2) is 3.55. The molecule has 0 fully saturated rings. The van der Waals surface area contributed by atoms with Crippen LogP contribution in [0.2, 0.25) is 5.02 Å². The Morgan fingerprint density at radius 3 is 2.31 bits per heavy atom.